The Labute approximate surface area is 211 Å². The molecule has 0 amide bonds. The van der Waals surface area contributed by atoms with E-state index in [1.165, 1.54) is 10.4 Å². The van der Waals surface area contributed by atoms with E-state index < -0.39 is 9.04 Å². The zero-order valence-electron chi connectivity index (χ0n) is 20.1. The average Bonchev–Trinajstić information content (AvgIpc) is 2.85. The minimum Gasteiger partial charge on any atom is -0.404 e. The number of benzene rings is 2. The van der Waals surface area contributed by atoms with Gasteiger partial charge >= 0.3 is 0 Å². The zero-order valence-corrected chi connectivity index (χ0v) is 22.1. The molecule has 0 aliphatic carbocycles. The molecule has 0 saturated carbocycles. The fraction of sp³-hybridized carbons (Fsp3) is 0.185. The molecule has 176 valence electrons. The molecule has 0 fully saturated rings. The van der Waals surface area contributed by atoms with Crippen LogP contribution in [0.25, 0.3) is 0 Å². The van der Waals surface area contributed by atoms with Crippen molar-refractivity contribution in [2.45, 2.75) is 13.8 Å². The van der Waals surface area contributed by atoms with Gasteiger partial charge in [-0.3, -0.25) is 9.98 Å². The van der Waals surface area contributed by atoms with E-state index in [9.17, 15) is 0 Å². The number of nitrogens with zero attached hydrogens (tertiary/aromatic N) is 3. The van der Waals surface area contributed by atoms with Gasteiger partial charge in [0.1, 0.15) is 0 Å². The molecule has 6 heteroatoms. The number of pyridine rings is 1. The zero-order chi connectivity index (χ0) is 22.5. The fourth-order valence-corrected chi connectivity index (χ4v) is 4.66. The summed E-state index contributed by atoms with van der Waals surface area (Å²) in [7, 11) is 2.40. The van der Waals surface area contributed by atoms with Crippen LogP contribution in [0.4, 0.5) is 0 Å². The second-order valence-corrected chi connectivity index (χ2v) is 8.79. The molecule has 0 atom stereocenters. The minimum absolute atomic E-state index is 0. The van der Waals surface area contributed by atoms with Crippen LogP contribution in [0.3, 0.4) is 0 Å². The number of hydrogen-bond donors (Lipinski definition) is 0. The maximum Gasteiger partial charge on any atom is 0.283 e. The molecule has 0 saturated heterocycles. The molecule has 2 radical (unpaired) electrons. The van der Waals surface area contributed by atoms with Gasteiger partial charge in [-0.25, -0.2) is 4.98 Å². The van der Waals surface area contributed by atoms with Gasteiger partial charge in [-0.15, -0.1) is 6.58 Å². The van der Waals surface area contributed by atoms with Crippen molar-refractivity contribution < 1.29 is 21.2 Å². The molecular formula is C27H33CoN3OSi-. The van der Waals surface area contributed by atoms with E-state index in [4.69, 9.17) is 4.43 Å². The SMILES string of the molecule is C=CCO[Si](c1ccccc1)c1ccccc1.CN=C(C)c1cccc(C(C)=NC)n1.[CH3-].[Co]. The molecule has 33 heavy (non-hydrogen) atoms. The van der Waals surface area contributed by atoms with Gasteiger partial charge in [0.25, 0.3) is 9.04 Å². The van der Waals surface area contributed by atoms with Crippen LogP contribution < -0.4 is 10.4 Å². The van der Waals surface area contributed by atoms with E-state index in [1.54, 1.807) is 20.2 Å². The Balaban J connectivity index is 0.000000596. The van der Waals surface area contributed by atoms with Crippen LogP contribution in [-0.4, -0.2) is 46.1 Å². The van der Waals surface area contributed by atoms with Gasteiger partial charge in [0.2, 0.25) is 0 Å². The smallest absolute Gasteiger partial charge is 0.283 e. The van der Waals surface area contributed by atoms with Gasteiger partial charge in [-0.1, -0.05) is 72.8 Å². The monoisotopic (exact) mass is 502 g/mol. The number of hydrogen-bond acceptors (Lipinski definition) is 4. The third kappa shape index (κ3) is 9.79. The topological polar surface area (TPSA) is 46.8 Å². The summed E-state index contributed by atoms with van der Waals surface area (Å²) in [5.41, 5.74) is 3.70. The number of rotatable bonds is 7. The van der Waals surface area contributed by atoms with E-state index >= 15 is 0 Å². The Morgan fingerprint density at radius 1 is 0.818 bits per heavy atom. The first-order valence-corrected chi connectivity index (χ1v) is 11.6. The summed E-state index contributed by atoms with van der Waals surface area (Å²) in [6, 6.07) is 26.7. The molecule has 0 spiro atoms. The Bertz CT molecular complexity index is 935. The van der Waals surface area contributed by atoms with Crippen molar-refractivity contribution in [3.05, 3.63) is 110 Å². The Morgan fingerprint density at radius 3 is 1.61 bits per heavy atom. The van der Waals surface area contributed by atoms with Crippen molar-refractivity contribution in [2.75, 3.05) is 20.7 Å². The maximum atomic E-state index is 5.95. The first-order valence-electron chi connectivity index (χ1n) is 10.2. The van der Waals surface area contributed by atoms with Crippen LogP contribution in [0, 0.1) is 7.43 Å². The summed E-state index contributed by atoms with van der Waals surface area (Å²) in [6.45, 7) is 8.20. The summed E-state index contributed by atoms with van der Waals surface area (Å²) in [5, 5.41) is 2.54. The van der Waals surface area contributed by atoms with Crippen molar-refractivity contribution in [1.29, 1.82) is 0 Å². The van der Waals surface area contributed by atoms with Crippen molar-refractivity contribution >= 4 is 30.8 Å². The van der Waals surface area contributed by atoms with E-state index in [0.717, 1.165) is 22.8 Å². The maximum absolute atomic E-state index is 5.95. The summed E-state index contributed by atoms with van der Waals surface area (Å²) >= 11 is 0. The molecule has 1 heterocycles. The largest absolute Gasteiger partial charge is 0.404 e. The quantitative estimate of drug-likeness (QED) is 0.208. The fourth-order valence-electron chi connectivity index (χ4n) is 2.72. The van der Waals surface area contributed by atoms with Crippen molar-refractivity contribution in [3.8, 4) is 0 Å². The first-order chi connectivity index (χ1) is 15.1. The summed E-state index contributed by atoms with van der Waals surface area (Å²) in [5.74, 6) is 0. The second kappa shape index (κ2) is 16.9. The van der Waals surface area contributed by atoms with E-state index in [1.807, 2.05) is 44.2 Å². The molecule has 3 rings (SSSR count). The standard InChI is InChI=1S/C15H15OSi.C11H15N3.CH3.Co/c1-2-13-16-17(14-9-5-3-6-10-14)15-11-7-4-8-12-15;1-8(12-3)10-6-5-7-11(14-10)9(2)13-4;;/h2-12H,1,13H2;5-7H,1-4H3;1H3;/q;;-1;. The summed E-state index contributed by atoms with van der Waals surface area (Å²) < 4.78 is 5.95. The summed E-state index contributed by atoms with van der Waals surface area (Å²) in [6.07, 6.45) is 1.80. The molecule has 1 aromatic heterocycles. The molecule has 0 bridgehead atoms. The molecular weight excluding hydrogens is 469 g/mol. The van der Waals surface area contributed by atoms with Crippen LogP contribution in [0.15, 0.2) is 102 Å². The van der Waals surface area contributed by atoms with Crippen LogP contribution in [0.1, 0.15) is 25.2 Å². The van der Waals surface area contributed by atoms with Gasteiger partial charge in [-0.05, 0) is 36.4 Å². The van der Waals surface area contributed by atoms with Crippen LogP contribution in [-0.2, 0) is 21.2 Å². The van der Waals surface area contributed by atoms with Gasteiger partial charge < -0.3 is 11.9 Å². The van der Waals surface area contributed by atoms with Gasteiger partial charge in [-0.2, -0.15) is 0 Å². The summed E-state index contributed by atoms with van der Waals surface area (Å²) in [4.78, 5) is 12.7. The van der Waals surface area contributed by atoms with Crippen molar-refractivity contribution in [2.24, 2.45) is 9.98 Å². The number of aromatic nitrogens is 1. The van der Waals surface area contributed by atoms with E-state index in [2.05, 4.69) is 70.1 Å². The Hall–Kier alpha value is -2.65. The molecule has 0 unspecified atom stereocenters. The molecule has 2 aromatic carbocycles. The van der Waals surface area contributed by atoms with E-state index in [-0.39, 0.29) is 24.2 Å². The van der Waals surface area contributed by atoms with E-state index in [0.29, 0.717) is 6.61 Å². The predicted octanol–water partition coefficient (Wildman–Crippen LogP) is 4.40. The third-order valence-corrected chi connectivity index (χ3v) is 6.75. The van der Waals surface area contributed by atoms with Gasteiger partial charge in [0.05, 0.1) is 29.4 Å². The molecule has 0 N–H and O–H groups in total. The average molecular weight is 503 g/mol. The van der Waals surface area contributed by atoms with Crippen LogP contribution in [0.2, 0.25) is 0 Å². The van der Waals surface area contributed by atoms with Crippen LogP contribution >= 0.6 is 0 Å². The third-order valence-electron chi connectivity index (χ3n) is 4.58. The molecule has 3 aromatic rings. The molecule has 4 nitrogen and oxygen atoms in total. The Morgan fingerprint density at radius 2 is 1.24 bits per heavy atom. The van der Waals surface area contributed by atoms with Crippen molar-refractivity contribution in [1.82, 2.24) is 4.98 Å². The predicted molar refractivity (Wildman–Crippen MR) is 141 cm³/mol. The Kier molecular flexibility index (Phi) is 15.6. The second-order valence-electron chi connectivity index (χ2n) is 6.69. The van der Waals surface area contributed by atoms with Crippen molar-refractivity contribution in [3.63, 3.8) is 0 Å². The molecule has 0 aliphatic heterocycles. The van der Waals surface area contributed by atoms with Gasteiger partial charge in [0.15, 0.2) is 0 Å². The normalized spacial score (nSPS) is 10.9. The minimum atomic E-state index is -1.13. The van der Waals surface area contributed by atoms with Crippen LogP contribution in [0.5, 0.6) is 0 Å². The van der Waals surface area contributed by atoms with Gasteiger partial charge in [0, 0.05) is 30.9 Å². The number of aliphatic imine (C=N–C) groups is 2. The first kappa shape index (κ1) is 30.4. The molecule has 0 aliphatic rings.